The zero-order valence-electron chi connectivity index (χ0n) is 5.45. The Bertz CT molecular complexity index is 236. The number of rotatable bonds is 1. The molecule has 5 heteroatoms. The summed E-state index contributed by atoms with van der Waals surface area (Å²) in [6.45, 7) is 0. The first kappa shape index (κ1) is 7.85. The van der Waals surface area contributed by atoms with Crippen LogP contribution in [0.3, 0.4) is 0 Å². The van der Waals surface area contributed by atoms with Gasteiger partial charge in [0.15, 0.2) is 0 Å². The van der Waals surface area contributed by atoms with Crippen LogP contribution in [0.4, 0.5) is 0 Å². The van der Waals surface area contributed by atoms with Gasteiger partial charge in [-0.1, -0.05) is 0 Å². The van der Waals surface area contributed by atoms with Gasteiger partial charge in [-0.25, -0.2) is 0 Å². The first-order valence-corrected chi connectivity index (χ1v) is 3.59. The van der Waals surface area contributed by atoms with Crippen LogP contribution in [0.15, 0.2) is 16.7 Å². The van der Waals surface area contributed by atoms with Crippen LogP contribution in [0, 0.1) is 0 Å². The van der Waals surface area contributed by atoms with Gasteiger partial charge in [-0.3, -0.25) is 0 Å². The Balaban J connectivity index is 3.05. The van der Waals surface area contributed by atoms with E-state index in [0.717, 1.165) is 4.60 Å². The van der Waals surface area contributed by atoms with Gasteiger partial charge in [-0.2, -0.15) is 0 Å². The van der Waals surface area contributed by atoms with E-state index in [1.807, 2.05) is 0 Å². The van der Waals surface area contributed by atoms with Crippen molar-refractivity contribution in [3.63, 3.8) is 0 Å². The summed E-state index contributed by atoms with van der Waals surface area (Å²) in [5, 5.41) is 17.5. The number of halogens is 1. The number of aromatic nitrogens is 1. The van der Waals surface area contributed by atoms with Gasteiger partial charge in [0.1, 0.15) is 0 Å². The molecule has 0 unspecified atom stereocenters. The Hall–Kier alpha value is -0.255. The number of hydrogen-bond acceptors (Lipinski definition) is 2. The molecule has 2 N–H and O–H groups in total. The third-order valence-electron chi connectivity index (χ3n) is 1.36. The molecule has 0 fully saturated rings. The average Bonchev–Trinajstić information content (AvgIpc) is 2.14. The first-order valence-electron chi connectivity index (χ1n) is 2.80. The molecule has 0 amide bonds. The molecule has 0 aliphatic rings. The first-order chi connectivity index (χ1) is 4.63. The number of hydrogen-bond donors (Lipinski definition) is 2. The molecule has 0 bridgehead atoms. The quantitative estimate of drug-likeness (QED) is 0.603. The molecule has 0 aliphatic carbocycles. The molecule has 3 nitrogen and oxygen atoms in total. The standard InChI is InChI=1S/C5H7BBrNO2/c1-8-4(6(9)10)2-3-5(8)7/h2-3,9-10H,1H3. The second-order valence-corrected chi connectivity index (χ2v) is 2.83. The lowest BCUT2D eigenvalue weighted by molar-refractivity contribution is 0.422. The van der Waals surface area contributed by atoms with Crippen molar-refractivity contribution in [3.8, 4) is 0 Å². The molecule has 0 spiro atoms. The molecule has 10 heavy (non-hydrogen) atoms. The average molecular weight is 204 g/mol. The van der Waals surface area contributed by atoms with Crippen molar-refractivity contribution in [2.24, 2.45) is 7.05 Å². The lowest BCUT2D eigenvalue weighted by Gasteiger charge is -2.00. The van der Waals surface area contributed by atoms with Crippen molar-refractivity contribution < 1.29 is 10.0 Å². The molecule has 0 saturated heterocycles. The monoisotopic (exact) mass is 203 g/mol. The van der Waals surface area contributed by atoms with E-state index in [4.69, 9.17) is 10.0 Å². The highest BCUT2D eigenvalue weighted by atomic mass is 79.9. The summed E-state index contributed by atoms with van der Waals surface area (Å²) < 4.78 is 2.49. The fourth-order valence-corrected chi connectivity index (χ4v) is 1.10. The van der Waals surface area contributed by atoms with Crippen LogP contribution >= 0.6 is 15.9 Å². The van der Waals surface area contributed by atoms with Crippen molar-refractivity contribution in [2.45, 2.75) is 0 Å². The van der Waals surface area contributed by atoms with Crippen LogP contribution in [0.5, 0.6) is 0 Å². The van der Waals surface area contributed by atoms with E-state index in [-0.39, 0.29) is 0 Å². The van der Waals surface area contributed by atoms with Crippen LogP contribution < -0.4 is 5.59 Å². The molecule has 0 aromatic carbocycles. The second kappa shape index (κ2) is 2.78. The molecule has 0 radical (unpaired) electrons. The maximum atomic E-state index is 8.73. The Morgan fingerprint density at radius 3 is 2.30 bits per heavy atom. The summed E-state index contributed by atoms with van der Waals surface area (Å²) in [5.41, 5.74) is 0.479. The van der Waals surface area contributed by atoms with Crippen LogP contribution in [-0.2, 0) is 7.05 Å². The highest BCUT2D eigenvalue weighted by Gasteiger charge is 2.15. The third-order valence-corrected chi connectivity index (χ3v) is 2.16. The molecule has 54 valence electrons. The summed E-state index contributed by atoms with van der Waals surface area (Å²) in [7, 11) is 0.357. The number of nitrogens with zero attached hydrogens (tertiary/aromatic N) is 1. The highest BCUT2D eigenvalue weighted by molar-refractivity contribution is 9.10. The van der Waals surface area contributed by atoms with E-state index < -0.39 is 7.12 Å². The van der Waals surface area contributed by atoms with Crippen LogP contribution in [0.1, 0.15) is 0 Å². The van der Waals surface area contributed by atoms with Gasteiger partial charge in [-0.15, -0.1) is 0 Å². The molecule has 1 heterocycles. The zero-order valence-corrected chi connectivity index (χ0v) is 7.04. The van der Waals surface area contributed by atoms with Crippen molar-refractivity contribution in [1.82, 2.24) is 4.57 Å². The Kier molecular flexibility index (Phi) is 2.18. The second-order valence-electron chi connectivity index (χ2n) is 2.01. The van der Waals surface area contributed by atoms with Crippen LogP contribution in [0.2, 0.25) is 0 Å². The summed E-state index contributed by atoms with van der Waals surface area (Å²) in [5.74, 6) is 0. The van der Waals surface area contributed by atoms with E-state index in [0.29, 0.717) is 5.59 Å². The molecule has 1 rings (SSSR count). The van der Waals surface area contributed by atoms with Crippen molar-refractivity contribution >= 4 is 28.6 Å². The Labute approximate surface area is 67.6 Å². The van der Waals surface area contributed by atoms with E-state index in [1.54, 1.807) is 23.7 Å². The lowest BCUT2D eigenvalue weighted by atomic mass is 9.86. The van der Waals surface area contributed by atoms with Crippen molar-refractivity contribution in [2.75, 3.05) is 0 Å². The predicted molar refractivity (Wildman–Crippen MR) is 42.9 cm³/mol. The van der Waals surface area contributed by atoms with Gasteiger partial charge >= 0.3 is 7.12 Å². The van der Waals surface area contributed by atoms with E-state index in [2.05, 4.69) is 15.9 Å². The minimum Gasteiger partial charge on any atom is -0.422 e. The zero-order chi connectivity index (χ0) is 7.72. The fourth-order valence-electron chi connectivity index (χ4n) is 0.760. The van der Waals surface area contributed by atoms with E-state index in [9.17, 15) is 0 Å². The van der Waals surface area contributed by atoms with Gasteiger partial charge in [0, 0.05) is 12.6 Å². The van der Waals surface area contributed by atoms with Crippen LogP contribution in [-0.4, -0.2) is 21.7 Å². The summed E-state index contributed by atoms with van der Waals surface area (Å²) in [4.78, 5) is 0. The molecular weight excluding hydrogens is 197 g/mol. The van der Waals surface area contributed by atoms with Crippen molar-refractivity contribution in [1.29, 1.82) is 0 Å². The topological polar surface area (TPSA) is 45.4 Å². The predicted octanol–water partition coefficient (Wildman–Crippen LogP) is -0.533. The molecule has 0 aliphatic heterocycles. The molecular formula is C5H7BBrNO2. The van der Waals surface area contributed by atoms with Gasteiger partial charge < -0.3 is 14.6 Å². The van der Waals surface area contributed by atoms with E-state index >= 15 is 0 Å². The molecule has 0 saturated carbocycles. The SMILES string of the molecule is Cn1c(Br)ccc1B(O)O. The van der Waals surface area contributed by atoms with Gasteiger partial charge in [0.2, 0.25) is 0 Å². The molecule has 1 aromatic heterocycles. The van der Waals surface area contributed by atoms with Crippen molar-refractivity contribution in [3.05, 3.63) is 16.7 Å². The highest BCUT2D eigenvalue weighted by Crippen LogP contribution is 2.05. The third kappa shape index (κ3) is 1.26. The largest absolute Gasteiger partial charge is 0.505 e. The van der Waals surface area contributed by atoms with Gasteiger partial charge in [0.05, 0.1) is 4.60 Å². The minimum absolute atomic E-state index is 0.479. The maximum absolute atomic E-state index is 8.73. The Morgan fingerprint density at radius 1 is 1.50 bits per heavy atom. The Morgan fingerprint density at radius 2 is 2.10 bits per heavy atom. The van der Waals surface area contributed by atoms with Gasteiger partial charge in [-0.05, 0) is 28.1 Å². The van der Waals surface area contributed by atoms with Gasteiger partial charge in [0.25, 0.3) is 0 Å². The lowest BCUT2D eigenvalue weighted by Crippen LogP contribution is -2.34. The van der Waals surface area contributed by atoms with E-state index in [1.165, 1.54) is 0 Å². The molecule has 1 aromatic rings. The summed E-state index contributed by atoms with van der Waals surface area (Å²) in [6.07, 6.45) is 0. The summed E-state index contributed by atoms with van der Waals surface area (Å²) in [6, 6.07) is 3.41. The smallest absolute Gasteiger partial charge is 0.422 e. The van der Waals surface area contributed by atoms with Crippen LogP contribution in [0.25, 0.3) is 0 Å². The summed E-state index contributed by atoms with van der Waals surface area (Å²) >= 11 is 3.23. The normalized spacial score (nSPS) is 10.0. The molecule has 0 atom stereocenters. The fraction of sp³-hybridized carbons (Fsp3) is 0.200. The minimum atomic E-state index is -1.39. The maximum Gasteiger partial charge on any atom is 0.505 e.